The summed E-state index contributed by atoms with van der Waals surface area (Å²) < 4.78 is 6.34. The van der Waals surface area contributed by atoms with Crippen molar-refractivity contribution in [1.29, 1.82) is 0 Å². The van der Waals surface area contributed by atoms with E-state index in [-0.39, 0.29) is 12.0 Å². The van der Waals surface area contributed by atoms with E-state index in [4.69, 9.17) is 4.74 Å². The van der Waals surface area contributed by atoms with Gasteiger partial charge < -0.3 is 9.84 Å². The van der Waals surface area contributed by atoms with Gasteiger partial charge in [-0.05, 0) is 25.0 Å². The Morgan fingerprint density at radius 3 is 2.71 bits per heavy atom. The topological polar surface area (TPSA) is 29.5 Å². The van der Waals surface area contributed by atoms with Crippen LogP contribution in [0.1, 0.15) is 18.4 Å². The molecule has 0 atom stereocenters. The Labute approximate surface area is 92.0 Å². The van der Waals surface area contributed by atoms with Crippen LogP contribution in [0.5, 0.6) is 5.75 Å². The van der Waals surface area contributed by atoms with Crippen LogP contribution in [0.15, 0.2) is 22.7 Å². The standard InChI is InChI=1S/C11H13BrO2/c1-14-9-4-2-3-8(12)10(9)11(7-13)5-6-11/h2-4,13H,5-7H2,1H3. The van der Waals surface area contributed by atoms with Gasteiger partial charge in [0.05, 0.1) is 13.7 Å². The van der Waals surface area contributed by atoms with Gasteiger partial charge in [0.2, 0.25) is 0 Å². The number of halogens is 1. The summed E-state index contributed by atoms with van der Waals surface area (Å²) in [7, 11) is 1.67. The van der Waals surface area contributed by atoms with Gasteiger partial charge in [-0.15, -0.1) is 0 Å². The van der Waals surface area contributed by atoms with Gasteiger partial charge in [0.25, 0.3) is 0 Å². The van der Waals surface area contributed by atoms with Crippen molar-refractivity contribution in [1.82, 2.24) is 0 Å². The molecule has 3 heteroatoms. The number of aliphatic hydroxyl groups excluding tert-OH is 1. The maximum absolute atomic E-state index is 9.38. The molecule has 14 heavy (non-hydrogen) atoms. The lowest BCUT2D eigenvalue weighted by Crippen LogP contribution is -2.14. The van der Waals surface area contributed by atoms with Crippen molar-refractivity contribution >= 4 is 15.9 Å². The molecule has 1 aliphatic rings. The van der Waals surface area contributed by atoms with Crippen molar-refractivity contribution in [3.05, 3.63) is 28.2 Å². The van der Waals surface area contributed by atoms with Gasteiger partial charge in [-0.2, -0.15) is 0 Å². The summed E-state index contributed by atoms with van der Waals surface area (Å²) in [6.07, 6.45) is 2.09. The van der Waals surface area contributed by atoms with Gasteiger partial charge in [-0.25, -0.2) is 0 Å². The summed E-state index contributed by atoms with van der Waals surface area (Å²) in [5.74, 6) is 0.867. The Morgan fingerprint density at radius 1 is 1.50 bits per heavy atom. The normalized spacial score (nSPS) is 17.9. The van der Waals surface area contributed by atoms with Gasteiger partial charge in [0.15, 0.2) is 0 Å². The van der Waals surface area contributed by atoms with E-state index in [1.54, 1.807) is 7.11 Å². The monoisotopic (exact) mass is 256 g/mol. The average Bonchev–Trinajstić information content (AvgIpc) is 2.98. The number of aliphatic hydroxyl groups is 1. The van der Waals surface area contributed by atoms with Crippen molar-refractivity contribution in [3.63, 3.8) is 0 Å². The minimum absolute atomic E-state index is 0.0502. The van der Waals surface area contributed by atoms with E-state index in [0.717, 1.165) is 28.6 Å². The predicted molar refractivity (Wildman–Crippen MR) is 58.7 cm³/mol. The van der Waals surface area contributed by atoms with Crippen LogP contribution in [0.4, 0.5) is 0 Å². The van der Waals surface area contributed by atoms with Crippen molar-refractivity contribution in [2.24, 2.45) is 0 Å². The fourth-order valence-electron chi connectivity index (χ4n) is 1.83. The molecular formula is C11H13BrO2. The fraction of sp³-hybridized carbons (Fsp3) is 0.455. The SMILES string of the molecule is COc1cccc(Br)c1C1(CO)CC1. The Balaban J connectivity index is 2.50. The molecule has 76 valence electrons. The summed E-state index contributed by atoms with van der Waals surface area (Å²) in [6, 6.07) is 5.88. The predicted octanol–water partition coefficient (Wildman–Crippen LogP) is 2.48. The first-order valence-electron chi connectivity index (χ1n) is 4.67. The quantitative estimate of drug-likeness (QED) is 0.901. The molecule has 0 saturated heterocycles. The van der Waals surface area contributed by atoms with Crippen LogP contribution in [0.25, 0.3) is 0 Å². The molecule has 0 unspecified atom stereocenters. The van der Waals surface area contributed by atoms with E-state index in [2.05, 4.69) is 15.9 Å². The van der Waals surface area contributed by atoms with Gasteiger partial charge in [0.1, 0.15) is 5.75 Å². The third-order valence-electron chi connectivity index (χ3n) is 2.88. The van der Waals surface area contributed by atoms with Crippen molar-refractivity contribution in [2.45, 2.75) is 18.3 Å². The Hall–Kier alpha value is -0.540. The number of hydrogen-bond donors (Lipinski definition) is 1. The highest BCUT2D eigenvalue weighted by atomic mass is 79.9. The number of ether oxygens (including phenoxy) is 1. The number of hydrogen-bond acceptors (Lipinski definition) is 2. The third kappa shape index (κ3) is 1.44. The molecule has 0 aliphatic heterocycles. The first kappa shape index (κ1) is 9.99. The number of methoxy groups -OCH3 is 1. The van der Waals surface area contributed by atoms with Crippen LogP contribution in [-0.4, -0.2) is 18.8 Å². The smallest absolute Gasteiger partial charge is 0.123 e. The maximum Gasteiger partial charge on any atom is 0.123 e. The van der Waals surface area contributed by atoms with Crippen LogP contribution >= 0.6 is 15.9 Å². The van der Waals surface area contributed by atoms with Gasteiger partial charge in [0, 0.05) is 15.5 Å². The lowest BCUT2D eigenvalue weighted by molar-refractivity contribution is 0.251. The second-order valence-electron chi connectivity index (χ2n) is 3.76. The van der Waals surface area contributed by atoms with Crippen molar-refractivity contribution in [3.8, 4) is 5.75 Å². The van der Waals surface area contributed by atoms with Crippen LogP contribution in [0, 0.1) is 0 Å². The summed E-state index contributed by atoms with van der Waals surface area (Å²) >= 11 is 3.51. The molecule has 1 aliphatic carbocycles. The molecule has 0 heterocycles. The van der Waals surface area contributed by atoms with E-state index in [9.17, 15) is 5.11 Å². The van der Waals surface area contributed by atoms with Crippen LogP contribution in [-0.2, 0) is 5.41 Å². The maximum atomic E-state index is 9.38. The van der Waals surface area contributed by atoms with E-state index in [0.29, 0.717) is 0 Å². The number of benzene rings is 1. The molecule has 0 spiro atoms. The Kier molecular flexibility index (Phi) is 2.54. The summed E-state index contributed by atoms with van der Waals surface area (Å²) in [4.78, 5) is 0. The zero-order valence-electron chi connectivity index (χ0n) is 8.09. The minimum atomic E-state index is -0.0502. The summed E-state index contributed by atoms with van der Waals surface area (Å²) in [6.45, 7) is 0.200. The zero-order valence-corrected chi connectivity index (χ0v) is 9.67. The highest BCUT2D eigenvalue weighted by molar-refractivity contribution is 9.10. The lowest BCUT2D eigenvalue weighted by Gasteiger charge is -2.17. The number of rotatable bonds is 3. The van der Waals surface area contributed by atoms with E-state index >= 15 is 0 Å². The van der Waals surface area contributed by atoms with Gasteiger partial charge in [-0.1, -0.05) is 22.0 Å². The van der Waals surface area contributed by atoms with Gasteiger partial charge in [-0.3, -0.25) is 0 Å². The lowest BCUT2D eigenvalue weighted by atomic mass is 9.96. The fourth-order valence-corrected chi connectivity index (χ4v) is 2.60. The van der Waals surface area contributed by atoms with E-state index in [1.807, 2.05) is 18.2 Å². The molecule has 2 rings (SSSR count). The molecule has 0 aromatic heterocycles. The van der Waals surface area contributed by atoms with E-state index in [1.165, 1.54) is 0 Å². The highest BCUT2D eigenvalue weighted by Crippen LogP contribution is 2.53. The minimum Gasteiger partial charge on any atom is -0.496 e. The van der Waals surface area contributed by atoms with Crippen LogP contribution < -0.4 is 4.74 Å². The molecular weight excluding hydrogens is 244 g/mol. The second kappa shape index (κ2) is 3.55. The molecule has 2 nitrogen and oxygen atoms in total. The molecule has 0 radical (unpaired) electrons. The first-order valence-corrected chi connectivity index (χ1v) is 5.47. The average molecular weight is 257 g/mol. The molecule has 1 saturated carbocycles. The van der Waals surface area contributed by atoms with Crippen molar-refractivity contribution < 1.29 is 9.84 Å². The van der Waals surface area contributed by atoms with E-state index < -0.39 is 0 Å². The molecule has 1 aromatic rings. The molecule has 1 N–H and O–H groups in total. The Morgan fingerprint density at radius 2 is 2.21 bits per heavy atom. The zero-order chi connectivity index (χ0) is 10.2. The highest BCUT2D eigenvalue weighted by Gasteiger charge is 2.46. The third-order valence-corrected chi connectivity index (χ3v) is 3.54. The molecule has 1 aromatic carbocycles. The first-order chi connectivity index (χ1) is 6.73. The Bertz CT molecular complexity index is 345. The largest absolute Gasteiger partial charge is 0.496 e. The molecule has 1 fully saturated rings. The molecule has 0 amide bonds. The van der Waals surface area contributed by atoms with Crippen LogP contribution in [0.2, 0.25) is 0 Å². The van der Waals surface area contributed by atoms with Crippen molar-refractivity contribution in [2.75, 3.05) is 13.7 Å². The summed E-state index contributed by atoms with van der Waals surface area (Å²) in [5, 5.41) is 9.38. The van der Waals surface area contributed by atoms with Crippen LogP contribution in [0.3, 0.4) is 0 Å². The summed E-state index contributed by atoms with van der Waals surface area (Å²) in [5.41, 5.74) is 1.07. The van der Waals surface area contributed by atoms with Gasteiger partial charge >= 0.3 is 0 Å². The molecule has 0 bridgehead atoms. The second-order valence-corrected chi connectivity index (χ2v) is 4.61.